The predicted octanol–water partition coefficient (Wildman–Crippen LogP) is 5.14. The second-order valence-corrected chi connectivity index (χ2v) is 7.78. The number of nitrogens with one attached hydrogen (secondary N) is 1. The van der Waals surface area contributed by atoms with Gasteiger partial charge in [-0.1, -0.05) is 47.6 Å². The first-order valence-electron chi connectivity index (χ1n) is 8.23. The van der Waals surface area contributed by atoms with Crippen LogP contribution in [0.15, 0.2) is 30.3 Å². The van der Waals surface area contributed by atoms with Gasteiger partial charge in [0.05, 0.1) is 28.2 Å². The van der Waals surface area contributed by atoms with Gasteiger partial charge in [0.1, 0.15) is 16.0 Å². The summed E-state index contributed by atoms with van der Waals surface area (Å²) in [5, 5.41) is 20.3. The summed E-state index contributed by atoms with van der Waals surface area (Å²) >= 11 is 17.0. The Bertz CT molecular complexity index is 1170. The molecule has 0 amide bonds. The predicted molar refractivity (Wildman–Crippen MR) is 108 cm³/mol. The Morgan fingerprint density at radius 3 is 2.33 bits per heavy atom. The van der Waals surface area contributed by atoms with Crippen LogP contribution in [0.4, 0.5) is 17.6 Å². The van der Waals surface area contributed by atoms with E-state index in [2.05, 4.69) is 15.5 Å². The summed E-state index contributed by atoms with van der Waals surface area (Å²) in [6.45, 7) is 1.33. The molecule has 5 nitrogen and oxygen atoms in total. The number of aromatic nitrogens is 3. The molecule has 0 saturated heterocycles. The first-order chi connectivity index (χ1) is 13.9. The van der Waals surface area contributed by atoms with E-state index in [-0.39, 0.29) is 32.6 Å². The largest absolute Gasteiger partial charge is 0.416 e. The Morgan fingerprint density at radius 1 is 1.17 bits per heavy atom. The van der Waals surface area contributed by atoms with E-state index >= 15 is 0 Å². The third-order valence-electron chi connectivity index (χ3n) is 4.12. The molecule has 1 aromatic heterocycles. The van der Waals surface area contributed by atoms with Gasteiger partial charge in [-0.15, -0.1) is 5.10 Å². The maximum atomic E-state index is 14.2. The number of hydrogen-bond acceptors (Lipinski definition) is 4. The lowest BCUT2D eigenvalue weighted by Gasteiger charge is -2.24. The molecule has 0 aliphatic rings. The summed E-state index contributed by atoms with van der Waals surface area (Å²) in [7, 11) is 0. The summed E-state index contributed by atoms with van der Waals surface area (Å²) in [5.74, 6) is -0.797. The van der Waals surface area contributed by atoms with Crippen molar-refractivity contribution in [2.24, 2.45) is 0 Å². The van der Waals surface area contributed by atoms with Crippen molar-refractivity contribution in [2.75, 3.05) is 0 Å². The molecule has 0 bridgehead atoms. The van der Waals surface area contributed by atoms with Crippen LogP contribution in [0, 0.1) is 17.1 Å². The van der Waals surface area contributed by atoms with Gasteiger partial charge in [0.25, 0.3) is 0 Å². The van der Waals surface area contributed by atoms with E-state index in [9.17, 15) is 22.8 Å². The van der Waals surface area contributed by atoms with Crippen LogP contribution in [0.1, 0.15) is 18.1 Å². The van der Waals surface area contributed by atoms with Gasteiger partial charge in [-0.2, -0.15) is 28.3 Å². The van der Waals surface area contributed by atoms with Gasteiger partial charge < -0.3 is 5.32 Å². The van der Waals surface area contributed by atoms with Gasteiger partial charge in [0.2, 0.25) is 0 Å². The van der Waals surface area contributed by atoms with Crippen molar-refractivity contribution in [3.8, 4) is 6.07 Å². The quantitative estimate of drug-likeness (QED) is 0.321. The smallest absolute Gasteiger partial charge is 0.357 e. The van der Waals surface area contributed by atoms with Crippen molar-refractivity contribution in [1.29, 1.82) is 5.26 Å². The lowest BCUT2D eigenvalue weighted by atomic mass is 10.0. The Labute approximate surface area is 183 Å². The zero-order chi connectivity index (χ0) is 22.3. The van der Waals surface area contributed by atoms with Gasteiger partial charge in [-0.3, -0.25) is 0 Å². The van der Waals surface area contributed by atoms with Crippen molar-refractivity contribution in [1.82, 2.24) is 20.3 Å². The molecule has 1 heterocycles. The highest BCUT2D eigenvalue weighted by Gasteiger charge is 2.31. The molecule has 2 aromatic carbocycles. The van der Waals surface area contributed by atoms with Crippen molar-refractivity contribution >= 4 is 51.4 Å². The molecule has 0 aliphatic heterocycles. The summed E-state index contributed by atoms with van der Waals surface area (Å²) in [6.07, 6.45) is -4.47. The van der Waals surface area contributed by atoms with E-state index in [0.717, 1.165) is 16.9 Å². The molecule has 1 N–H and O–H groups in total. The van der Waals surface area contributed by atoms with E-state index in [1.54, 1.807) is 0 Å². The van der Waals surface area contributed by atoms with Crippen LogP contribution in [0.3, 0.4) is 0 Å². The molecule has 156 valence electrons. The molecule has 3 rings (SSSR count). The van der Waals surface area contributed by atoms with Crippen molar-refractivity contribution in [3.05, 3.63) is 57.3 Å². The summed E-state index contributed by atoms with van der Waals surface area (Å²) in [6, 6.07) is 7.40. The molecule has 30 heavy (non-hydrogen) atoms. The number of alkyl halides is 3. The SMILES string of the molecule is CC(C#N)(Cn1nc2c(Cl)cc(Cl)c(F)c2n1)NC(=S)c1ccc(C(F)(F)F)cc1. The van der Waals surface area contributed by atoms with Gasteiger partial charge in [0, 0.05) is 5.56 Å². The van der Waals surface area contributed by atoms with Gasteiger partial charge >= 0.3 is 6.18 Å². The number of benzene rings is 2. The molecular weight excluding hydrogens is 465 g/mol. The average Bonchev–Trinajstić information content (AvgIpc) is 3.09. The highest BCUT2D eigenvalue weighted by atomic mass is 35.5. The fraction of sp³-hybridized carbons (Fsp3) is 0.222. The van der Waals surface area contributed by atoms with Crippen molar-refractivity contribution in [2.45, 2.75) is 25.2 Å². The average molecular weight is 476 g/mol. The van der Waals surface area contributed by atoms with Crippen LogP contribution in [0.25, 0.3) is 11.0 Å². The molecule has 0 spiro atoms. The second kappa shape index (κ2) is 7.98. The van der Waals surface area contributed by atoms with E-state index in [1.165, 1.54) is 25.1 Å². The third-order valence-corrected chi connectivity index (χ3v) is 5.02. The standard InChI is InChI=1S/C18H11Cl2F4N5S/c1-17(7-25,26-16(30)9-2-4-10(5-3-9)18(22,23)24)8-29-27-14-12(20)6-11(19)13(21)15(14)28-29/h2-6H,8H2,1H3,(H,26,30). The first-order valence-corrected chi connectivity index (χ1v) is 9.39. The van der Waals surface area contributed by atoms with Gasteiger partial charge in [-0.05, 0) is 25.1 Å². The van der Waals surface area contributed by atoms with E-state index in [1.807, 2.05) is 6.07 Å². The molecule has 3 aromatic rings. The number of nitrogens with zero attached hydrogens (tertiary/aromatic N) is 4. The van der Waals surface area contributed by atoms with Crippen LogP contribution in [-0.4, -0.2) is 25.5 Å². The minimum Gasteiger partial charge on any atom is -0.357 e. The Balaban J connectivity index is 1.83. The number of halogens is 6. The first kappa shape index (κ1) is 22.2. The minimum absolute atomic E-state index is 0.0525. The molecule has 1 unspecified atom stereocenters. The summed E-state index contributed by atoms with van der Waals surface area (Å²) in [4.78, 5) is 1.12. The molecule has 0 radical (unpaired) electrons. The van der Waals surface area contributed by atoms with Crippen LogP contribution in [0.2, 0.25) is 10.0 Å². The monoisotopic (exact) mass is 475 g/mol. The number of rotatable bonds is 4. The van der Waals surface area contributed by atoms with Crippen LogP contribution < -0.4 is 5.32 Å². The van der Waals surface area contributed by atoms with Gasteiger partial charge in [0.15, 0.2) is 11.3 Å². The van der Waals surface area contributed by atoms with E-state index < -0.39 is 23.1 Å². The van der Waals surface area contributed by atoms with Crippen LogP contribution in [0.5, 0.6) is 0 Å². The zero-order valence-corrected chi connectivity index (χ0v) is 17.4. The normalized spacial score (nSPS) is 13.7. The Hall–Kier alpha value is -2.48. The third kappa shape index (κ3) is 4.48. The van der Waals surface area contributed by atoms with Crippen molar-refractivity contribution in [3.63, 3.8) is 0 Å². The van der Waals surface area contributed by atoms with Gasteiger partial charge in [-0.25, -0.2) is 4.39 Å². The second-order valence-electron chi connectivity index (χ2n) is 6.55. The lowest BCUT2D eigenvalue weighted by Crippen LogP contribution is -2.48. The van der Waals surface area contributed by atoms with Crippen LogP contribution >= 0.6 is 35.4 Å². The van der Waals surface area contributed by atoms with Crippen molar-refractivity contribution < 1.29 is 17.6 Å². The zero-order valence-electron chi connectivity index (χ0n) is 15.1. The number of hydrogen-bond donors (Lipinski definition) is 1. The maximum Gasteiger partial charge on any atom is 0.416 e. The maximum absolute atomic E-state index is 14.2. The van der Waals surface area contributed by atoms with Crippen LogP contribution in [-0.2, 0) is 12.7 Å². The highest BCUT2D eigenvalue weighted by molar-refractivity contribution is 7.80. The molecule has 0 saturated carbocycles. The minimum atomic E-state index is -4.47. The highest BCUT2D eigenvalue weighted by Crippen LogP contribution is 2.30. The number of nitriles is 1. The molecule has 12 heteroatoms. The molecule has 1 atom stereocenters. The number of fused-ring (bicyclic) bond motifs is 1. The topological polar surface area (TPSA) is 66.5 Å². The summed E-state index contributed by atoms with van der Waals surface area (Å²) in [5.41, 5.74) is -1.97. The molecule has 0 aliphatic carbocycles. The molecular formula is C18H11Cl2F4N5S. The lowest BCUT2D eigenvalue weighted by molar-refractivity contribution is -0.137. The molecule has 0 fully saturated rings. The fourth-order valence-electron chi connectivity index (χ4n) is 2.60. The van der Waals surface area contributed by atoms with E-state index in [4.69, 9.17) is 35.4 Å². The number of thiocarbonyl (C=S) groups is 1. The Kier molecular flexibility index (Phi) is 5.91. The summed E-state index contributed by atoms with van der Waals surface area (Å²) < 4.78 is 52.3. The van der Waals surface area contributed by atoms with E-state index in [0.29, 0.717) is 5.56 Å². The Morgan fingerprint density at radius 2 is 1.77 bits per heavy atom. The fourth-order valence-corrected chi connectivity index (χ4v) is 3.45.